The summed E-state index contributed by atoms with van der Waals surface area (Å²) in [6.07, 6.45) is 0.664. The van der Waals surface area contributed by atoms with Gasteiger partial charge in [-0.25, -0.2) is 0 Å². The summed E-state index contributed by atoms with van der Waals surface area (Å²) in [6.45, 7) is 4.60. The highest BCUT2D eigenvalue weighted by molar-refractivity contribution is 6.31. The average Bonchev–Trinajstić information content (AvgIpc) is 2.51. The Morgan fingerprint density at radius 3 is 3.05 bits per heavy atom. The van der Waals surface area contributed by atoms with Crippen LogP contribution in [0.5, 0.6) is 0 Å². The first-order valence-corrected chi connectivity index (χ1v) is 8.04. The van der Waals surface area contributed by atoms with Crippen molar-refractivity contribution in [2.24, 2.45) is 0 Å². The lowest BCUT2D eigenvalue weighted by Crippen LogP contribution is -2.45. The number of hydrogen-bond acceptors (Lipinski definition) is 4. The molecule has 22 heavy (non-hydrogen) atoms. The van der Waals surface area contributed by atoms with E-state index in [1.807, 2.05) is 24.3 Å². The Bertz CT molecular complexity index is 484. The number of amides is 1. The Morgan fingerprint density at radius 2 is 2.27 bits per heavy atom. The van der Waals surface area contributed by atoms with Gasteiger partial charge in [0.2, 0.25) is 5.91 Å². The van der Waals surface area contributed by atoms with Crippen molar-refractivity contribution in [1.29, 1.82) is 0 Å². The zero-order valence-corrected chi connectivity index (χ0v) is 13.7. The highest BCUT2D eigenvalue weighted by Crippen LogP contribution is 2.14. The van der Waals surface area contributed by atoms with Crippen molar-refractivity contribution < 1.29 is 9.53 Å². The van der Waals surface area contributed by atoms with Crippen molar-refractivity contribution in [3.63, 3.8) is 0 Å². The van der Waals surface area contributed by atoms with E-state index in [1.165, 1.54) is 0 Å². The third kappa shape index (κ3) is 5.93. The molecule has 1 atom stereocenters. The number of carbonyl (C=O) groups is 1. The highest BCUT2D eigenvalue weighted by atomic mass is 35.5. The Labute approximate surface area is 137 Å². The first-order valence-electron chi connectivity index (χ1n) is 7.66. The first-order chi connectivity index (χ1) is 10.6. The molecule has 1 aromatic rings. The van der Waals surface area contributed by atoms with Crippen LogP contribution in [0.2, 0.25) is 5.02 Å². The van der Waals surface area contributed by atoms with Gasteiger partial charge in [-0.1, -0.05) is 29.8 Å². The molecule has 1 heterocycles. The number of ether oxygens (including phenoxy) is 1. The Kier molecular flexibility index (Phi) is 7.12. The molecule has 0 spiro atoms. The summed E-state index contributed by atoms with van der Waals surface area (Å²) in [5, 5.41) is 6.84. The fourth-order valence-electron chi connectivity index (χ4n) is 2.38. The number of hydrogen-bond donors (Lipinski definition) is 2. The molecule has 2 N–H and O–H groups in total. The maximum atomic E-state index is 11.8. The molecule has 1 aliphatic rings. The van der Waals surface area contributed by atoms with Gasteiger partial charge in [-0.15, -0.1) is 0 Å². The van der Waals surface area contributed by atoms with Gasteiger partial charge in [0.25, 0.3) is 0 Å². The van der Waals surface area contributed by atoms with E-state index in [4.69, 9.17) is 16.3 Å². The van der Waals surface area contributed by atoms with Gasteiger partial charge in [0.1, 0.15) is 0 Å². The minimum Gasteiger partial charge on any atom is -0.374 e. The molecular weight excluding hydrogens is 302 g/mol. The van der Waals surface area contributed by atoms with E-state index in [-0.39, 0.29) is 12.0 Å². The van der Waals surface area contributed by atoms with Crippen molar-refractivity contribution in [1.82, 2.24) is 15.5 Å². The lowest BCUT2D eigenvalue weighted by molar-refractivity contribution is -0.121. The predicted molar refractivity (Wildman–Crippen MR) is 88.0 cm³/mol. The first kappa shape index (κ1) is 17.2. The second-order valence-electron chi connectivity index (χ2n) is 5.58. The van der Waals surface area contributed by atoms with Gasteiger partial charge in [-0.05, 0) is 18.7 Å². The monoisotopic (exact) mass is 325 g/mol. The molecule has 2 rings (SSSR count). The van der Waals surface area contributed by atoms with E-state index in [1.54, 1.807) is 0 Å². The van der Waals surface area contributed by atoms with E-state index >= 15 is 0 Å². The molecule has 0 bridgehead atoms. The molecule has 1 unspecified atom stereocenters. The number of halogens is 1. The van der Waals surface area contributed by atoms with Gasteiger partial charge < -0.3 is 20.3 Å². The SMILES string of the molecule is CN1CCOC(CNCCC(=O)NCc2ccccc2Cl)C1. The van der Waals surface area contributed by atoms with Crippen LogP contribution in [0, 0.1) is 0 Å². The smallest absolute Gasteiger partial charge is 0.221 e. The van der Waals surface area contributed by atoms with Gasteiger partial charge in [-0.3, -0.25) is 4.79 Å². The molecule has 1 aliphatic heterocycles. The summed E-state index contributed by atoms with van der Waals surface area (Å²) in [7, 11) is 2.09. The van der Waals surface area contributed by atoms with Crippen LogP contribution in [0.25, 0.3) is 0 Å². The van der Waals surface area contributed by atoms with Crippen LogP contribution >= 0.6 is 11.6 Å². The second-order valence-corrected chi connectivity index (χ2v) is 5.98. The molecule has 0 aromatic heterocycles. The van der Waals surface area contributed by atoms with E-state index in [2.05, 4.69) is 22.6 Å². The minimum atomic E-state index is 0.0223. The van der Waals surface area contributed by atoms with Crippen LogP contribution in [0.1, 0.15) is 12.0 Å². The van der Waals surface area contributed by atoms with Crippen LogP contribution in [0.4, 0.5) is 0 Å². The quantitative estimate of drug-likeness (QED) is 0.741. The van der Waals surface area contributed by atoms with Gasteiger partial charge in [0, 0.05) is 44.2 Å². The molecule has 0 radical (unpaired) electrons. The molecule has 1 aromatic carbocycles. The topological polar surface area (TPSA) is 53.6 Å². The van der Waals surface area contributed by atoms with Crippen molar-refractivity contribution in [2.45, 2.75) is 19.1 Å². The zero-order chi connectivity index (χ0) is 15.8. The van der Waals surface area contributed by atoms with Crippen molar-refractivity contribution in [3.8, 4) is 0 Å². The Balaban J connectivity index is 1.57. The number of nitrogens with zero attached hydrogens (tertiary/aromatic N) is 1. The van der Waals surface area contributed by atoms with Crippen LogP contribution in [-0.4, -0.2) is 56.7 Å². The van der Waals surface area contributed by atoms with Gasteiger partial charge in [0.05, 0.1) is 12.7 Å². The number of carbonyl (C=O) groups excluding carboxylic acids is 1. The molecule has 1 fully saturated rings. The average molecular weight is 326 g/mol. The zero-order valence-electron chi connectivity index (χ0n) is 13.0. The summed E-state index contributed by atoms with van der Waals surface area (Å²) in [4.78, 5) is 14.1. The summed E-state index contributed by atoms with van der Waals surface area (Å²) in [5.41, 5.74) is 0.934. The standard InChI is InChI=1S/C16H24ClN3O2/c1-20-8-9-22-14(12-20)11-18-7-6-16(21)19-10-13-4-2-3-5-15(13)17/h2-5,14,18H,6-12H2,1H3,(H,19,21). The van der Waals surface area contributed by atoms with Crippen molar-refractivity contribution >= 4 is 17.5 Å². The van der Waals surface area contributed by atoms with Crippen LogP contribution in [0.3, 0.4) is 0 Å². The maximum Gasteiger partial charge on any atom is 0.221 e. The Hall–Kier alpha value is -1.14. The van der Waals surface area contributed by atoms with E-state index < -0.39 is 0 Å². The third-order valence-corrected chi connectivity index (χ3v) is 4.05. The van der Waals surface area contributed by atoms with Crippen LogP contribution < -0.4 is 10.6 Å². The number of rotatable bonds is 7. The van der Waals surface area contributed by atoms with E-state index in [0.29, 0.717) is 24.5 Å². The van der Waals surface area contributed by atoms with Crippen LogP contribution in [0.15, 0.2) is 24.3 Å². The Morgan fingerprint density at radius 1 is 1.45 bits per heavy atom. The normalized spacial score (nSPS) is 19.1. The fraction of sp³-hybridized carbons (Fsp3) is 0.562. The predicted octanol–water partition coefficient (Wildman–Crippen LogP) is 1.27. The summed E-state index contributed by atoms with van der Waals surface area (Å²) >= 11 is 6.05. The number of nitrogens with one attached hydrogen (secondary N) is 2. The maximum absolute atomic E-state index is 11.8. The molecule has 122 valence electrons. The molecular formula is C16H24ClN3O2. The lowest BCUT2D eigenvalue weighted by Gasteiger charge is -2.30. The van der Waals surface area contributed by atoms with Gasteiger partial charge in [-0.2, -0.15) is 0 Å². The minimum absolute atomic E-state index is 0.0223. The molecule has 1 saturated heterocycles. The number of benzene rings is 1. The molecule has 1 amide bonds. The van der Waals surface area contributed by atoms with E-state index in [0.717, 1.165) is 31.8 Å². The fourth-order valence-corrected chi connectivity index (χ4v) is 2.58. The van der Waals surface area contributed by atoms with Gasteiger partial charge in [0.15, 0.2) is 0 Å². The lowest BCUT2D eigenvalue weighted by atomic mass is 10.2. The number of likely N-dealkylation sites (N-methyl/N-ethyl adjacent to an activating group) is 1. The molecule has 5 nitrogen and oxygen atoms in total. The highest BCUT2D eigenvalue weighted by Gasteiger charge is 2.16. The summed E-state index contributed by atoms with van der Waals surface area (Å²) in [6, 6.07) is 7.53. The summed E-state index contributed by atoms with van der Waals surface area (Å²) < 4.78 is 5.65. The largest absolute Gasteiger partial charge is 0.374 e. The molecule has 0 saturated carbocycles. The van der Waals surface area contributed by atoms with Crippen molar-refractivity contribution in [2.75, 3.05) is 39.8 Å². The van der Waals surface area contributed by atoms with Gasteiger partial charge >= 0.3 is 0 Å². The third-order valence-electron chi connectivity index (χ3n) is 3.68. The second kappa shape index (κ2) is 9.10. The van der Waals surface area contributed by atoms with Crippen LogP contribution in [-0.2, 0) is 16.1 Å². The van der Waals surface area contributed by atoms with E-state index in [9.17, 15) is 4.79 Å². The molecule has 0 aliphatic carbocycles. The van der Waals surface area contributed by atoms with Crippen molar-refractivity contribution in [3.05, 3.63) is 34.9 Å². The number of morpholine rings is 1. The summed E-state index contributed by atoms with van der Waals surface area (Å²) in [5.74, 6) is 0.0223. The molecule has 6 heteroatoms.